The van der Waals surface area contributed by atoms with Crippen molar-refractivity contribution in [3.8, 4) is 11.5 Å². The number of hydrogen-bond donors (Lipinski definition) is 1. The summed E-state index contributed by atoms with van der Waals surface area (Å²) in [6.45, 7) is 8.09. The van der Waals surface area contributed by atoms with Gasteiger partial charge in [0.1, 0.15) is 23.7 Å². The van der Waals surface area contributed by atoms with Crippen molar-refractivity contribution in [1.29, 1.82) is 0 Å². The van der Waals surface area contributed by atoms with E-state index in [1.807, 2.05) is 25.2 Å². The van der Waals surface area contributed by atoms with E-state index in [9.17, 15) is 0 Å². The molecule has 1 unspecified atom stereocenters. The Morgan fingerprint density at radius 3 is 2.95 bits per heavy atom. The van der Waals surface area contributed by atoms with E-state index in [0.717, 1.165) is 17.9 Å². The molecule has 3 nitrogen and oxygen atoms in total. The zero-order chi connectivity index (χ0) is 14.0. The average Bonchev–Trinajstić information content (AvgIpc) is 2.33. The van der Waals surface area contributed by atoms with Crippen LogP contribution >= 0.6 is 11.6 Å². The van der Waals surface area contributed by atoms with Crippen LogP contribution in [-0.2, 0) is 0 Å². The molecule has 2 rings (SSSR count). The van der Waals surface area contributed by atoms with Crippen LogP contribution in [0, 0.1) is 0 Å². The predicted molar refractivity (Wildman–Crippen MR) is 78.1 cm³/mol. The predicted octanol–water partition coefficient (Wildman–Crippen LogP) is 3.64. The molecule has 1 atom stereocenters. The standard InChI is InChI=1S/C15H20ClNO2/c1-10(16)9-18-11-5-6-12-13(17-4)8-15(2,3)19-14(12)7-11/h5-7,13,17H,1,8-9H2,2-4H3. The normalized spacial score (nSPS) is 20.3. The van der Waals surface area contributed by atoms with Crippen LogP contribution in [0.4, 0.5) is 0 Å². The summed E-state index contributed by atoms with van der Waals surface area (Å²) < 4.78 is 11.6. The fourth-order valence-corrected chi connectivity index (χ4v) is 2.40. The summed E-state index contributed by atoms with van der Waals surface area (Å²) in [5.41, 5.74) is 0.980. The molecule has 104 valence electrons. The van der Waals surface area contributed by atoms with Crippen LogP contribution in [0.1, 0.15) is 31.9 Å². The number of fused-ring (bicyclic) bond motifs is 1. The van der Waals surface area contributed by atoms with E-state index in [4.69, 9.17) is 21.1 Å². The fraction of sp³-hybridized carbons (Fsp3) is 0.467. The summed E-state index contributed by atoms with van der Waals surface area (Å²) in [7, 11) is 1.97. The van der Waals surface area contributed by atoms with Gasteiger partial charge in [-0.1, -0.05) is 24.2 Å². The third-order valence-corrected chi connectivity index (χ3v) is 3.30. The summed E-state index contributed by atoms with van der Waals surface area (Å²) in [6.07, 6.45) is 0.940. The van der Waals surface area contributed by atoms with E-state index < -0.39 is 0 Å². The lowest BCUT2D eigenvalue weighted by molar-refractivity contribution is 0.0671. The molecule has 4 heteroatoms. The summed E-state index contributed by atoms with van der Waals surface area (Å²) in [5, 5.41) is 3.81. The van der Waals surface area contributed by atoms with Crippen molar-refractivity contribution in [3.05, 3.63) is 35.4 Å². The lowest BCUT2D eigenvalue weighted by atomic mass is 9.90. The first kappa shape index (κ1) is 14.2. The van der Waals surface area contributed by atoms with Gasteiger partial charge in [0.15, 0.2) is 0 Å². The molecule has 1 aromatic rings. The fourth-order valence-electron chi connectivity index (χ4n) is 2.34. The van der Waals surface area contributed by atoms with E-state index in [0.29, 0.717) is 17.7 Å². The van der Waals surface area contributed by atoms with Crippen LogP contribution in [0.3, 0.4) is 0 Å². The molecule has 1 N–H and O–H groups in total. The maximum atomic E-state index is 6.02. The Bertz CT molecular complexity index is 485. The first-order valence-electron chi connectivity index (χ1n) is 6.37. The molecule has 0 fully saturated rings. The minimum Gasteiger partial charge on any atom is -0.488 e. The second-order valence-corrected chi connectivity index (χ2v) is 5.95. The van der Waals surface area contributed by atoms with E-state index in [-0.39, 0.29) is 5.60 Å². The van der Waals surface area contributed by atoms with E-state index in [1.165, 1.54) is 5.56 Å². The van der Waals surface area contributed by atoms with Crippen LogP contribution in [0.5, 0.6) is 11.5 Å². The number of hydrogen-bond acceptors (Lipinski definition) is 3. The van der Waals surface area contributed by atoms with Crippen molar-refractivity contribution in [2.75, 3.05) is 13.7 Å². The minimum atomic E-state index is -0.185. The molecular formula is C15H20ClNO2. The molecule has 1 aromatic carbocycles. The Kier molecular flexibility index (Phi) is 4.07. The van der Waals surface area contributed by atoms with Crippen molar-refractivity contribution in [2.24, 2.45) is 0 Å². The third kappa shape index (κ3) is 3.43. The minimum absolute atomic E-state index is 0.185. The topological polar surface area (TPSA) is 30.5 Å². The Morgan fingerprint density at radius 2 is 2.32 bits per heavy atom. The van der Waals surface area contributed by atoms with Crippen LogP contribution in [0.2, 0.25) is 0 Å². The Morgan fingerprint density at radius 1 is 1.58 bits per heavy atom. The monoisotopic (exact) mass is 281 g/mol. The molecule has 19 heavy (non-hydrogen) atoms. The van der Waals surface area contributed by atoms with Gasteiger partial charge in [-0.15, -0.1) is 0 Å². The quantitative estimate of drug-likeness (QED) is 0.914. The van der Waals surface area contributed by atoms with Gasteiger partial charge in [-0.05, 0) is 27.0 Å². The molecule has 0 aliphatic carbocycles. The van der Waals surface area contributed by atoms with Crippen molar-refractivity contribution in [3.63, 3.8) is 0 Å². The highest BCUT2D eigenvalue weighted by molar-refractivity contribution is 6.29. The molecule has 0 aromatic heterocycles. The number of benzene rings is 1. The average molecular weight is 282 g/mol. The summed E-state index contributed by atoms with van der Waals surface area (Å²) >= 11 is 5.70. The molecule has 1 heterocycles. The summed E-state index contributed by atoms with van der Waals surface area (Å²) in [5.74, 6) is 1.61. The van der Waals surface area contributed by atoms with Crippen LogP contribution in [-0.4, -0.2) is 19.3 Å². The van der Waals surface area contributed by atoms with Gasteiger partial charge < -0.3 is 14.8 Å². The Balaban J connectivity index is 2.25. The van der Waals surface area contributed by atoms with Gasteiger partial charge >= 0.3 is 0 Å². The lowest BCUT2D eigenvalue weighted by Crippen LogP contribution is -2.38. The molecule has 0 spiro atoms. The lowest BCUT2D eigenvalue weighted by Gasteiger charge is -2.37. The number of halogens is 1. The van der Waals surface area contributed by atoms with E-state index in [1.54, 1.807) is 0 Å². The summed E-state index contributed by atoms with van der Waals surface area (Å²) in [4.78, 5) is 0. The highest BCUT2D eigenvalue weighted by atomic mass is 35.5. The molecule has 0 saturated heterocycles. The highest BCUT2D eigenvalue weighted by Gasteiger charge is 2.33. The van der Waals surface area contributed by atoms with Gasteiger partial charge in [0.05, 0.1) is 0 Å². The zero-order valence-electron chi connectivity index (χ0n) is 11.6. The van der Waals surface area contributed by atoms with Crippen LogP contribution < -0.4 is 14.8 Å². The van der Waals surface area contributed by atoms with Gasteiger partial charge in [-0.3, -0.25) is 0 Å². The van der Waals surface area contributed by atoms with Gasteiger partial charge in [0.2, 0.25) is 0 Å². The first-order chi connectivity index (χ1) is 8.91. The Hall–Kier alpha value is -1.19. The molecule has 0 bridgehead atoms. The number of nitrogens with one attached hydrogen (secondary N) is 1. The van der Waals surface area contributed by atoms with Gasteiger partial charge in [-0.25, -0.2) is 0 Å². The largest absolute Gasteiger partial charge is 0.488 e. The van der Waals surface area contributed by atoms with Crippen molar-refractivity contribution in [1.82, 2.24) is 5.32 Å². The van der Waals surface area contributed by atoms with Crippen molar-refractivity contribution < 1.29 is 9.47 Å². The number of rotatable bonds is 4. The zero-order valence-corrected chi connectivity index (χ0v) is 12.4. The number of ether oxygens (including phenoxy) is 2. The van der Waals surface area contributed by atoms with Gasteiger partial charge in [0.25, 0.3) is 0 Å². The van der Waals surface area contributed by atoms with Crippen LogP contribution in [0.25, 0.3) is 0 Å². The van der Waals surface area contributed by atoms with Gasteiger partial charge in [-0.2, -0.15) is 0 Å². The van der Waals surface area contributed by atoms with Crippen molar-refractivity contribution >= 4 is 11.6 Å². The van der Waals surface area contributed by atoms with Crippen molar-refractivity contribution in [2.45, 2.75) is 31.9 Å². The smallest absolute Gasteiger partial charge is 0.128 e. The third-order valence-electron chi connectivity index (χ3n) is 3.19. The van der Waals surface area contributed by atoms with Crippen LogP contribution in [0.15, 0.2) is 29.8 Å². The highest BCUT2D eigenvalue weighted by Crippen LogP contribution is 2.40. The maximum Gasteiger partial charge on any atom is 0.128 e. The second-order valence-electron chi connectivity index (χ2n) is 5.41. The molecule has 1 aliphatic heterocycles. The Labute approximate surface area is 119 Å². The second kappa shape index (κ2) is 5.43. The molecular weight excluding hydrogens is 262 g/mol. The first-order valence-corrected chi connectivity index (χ1v) is 6.75. The molecule has 1 aliphatic rings. The summed E-state index contributed by atoms with van der Waals surface area (Å²) in [6, 6.07) is 6.19. The maximum absolute atomic E-state index is 6.02. The SMILES string of the molecule is C=C(Cl)COc1ccc2c(c1)OC(C)(C)CC2NC. The van der Waals surface area contributed by atoms with Gasteiger partial charge in [0, 0.05) is 29.1 Å². The molecule has 0 radical (unpaired) electrons. The van der Waals surface area contributed by atoms with E-state index in [2.05, 4.69) is 25.7 Å². The molecule has 0 amide bonds. The van der Waals surface area contributed by atoms with E-state index >= 15 is 0 Å². The molecule has 0 saturated carbocycles.